The minimum Gasteiger partial charge on any atom is -0.493 e. The molecule has 0 aliphatic rings. The van der Waals surface area contributed by atoms with Gasteiger partial charge in [-0.05, 0) is 24.1 Å². The van der Waals surface area contributed by atoms with Crippen LogP contribution >= 0.6 is 0 Å². The van der Waals surface area contributed by atoms with Gasteiger partial charge in [0.1, 0.15) is 5.75 Å². The largest absolute Gasteiger partial charge is 0.493 e. The van der Waals surface area contributed by atoms with Crippen LogP contribution < -0.4 is 10.1 Å². The molecule has 0 saturated heterocycles. The number of benzene rings is 1. The van der Waals surface area contributed by atoms with Gasteiger partial charge < -0.3 is 10.1 Å². The quantitative estimate of drug-likeness (QED) is 0.777. The van der Waals surface area contributed by atoms with Gasteiger partial charge in [0.25, 0.3) is 0 Å². The van der Waals surface area contributed by atoms with Crippen LogP contribution in [0.4, 0.5) is 13.2 Å². The molecule has 0 radical (unpaired) electrons. The topological polar surface area (TPSA) is 45.0 Å². The predicted molar refractivity (Wildman–Crippen MR) is 73.8 cm³/mol. The summed E-state index contributed by atoms with van der Waals surface area (Å²) in [6, 6.07) is 6.18. The summed E-state index contributed by atoms with van der Waals surface area (Å²) in [5.41, 5.74) is -0.220. The van der Waals surface area contributed by atoms with Crippen LogP contribution in [0.3, 0.4) is 0 Å². The van der Waals surface area contributed by atoms with E-state index in [0.717, 1.165) is 6.07 Å². The molecule has 6 heteroatoms. The SMILES string of the molecule is CC(C)NCc1ccc(OCCCC#N)c(C(F)(F)F)c1. The second-order valence-electron chi connectivity index (χ2n) is 4.97. The van der Waals surface area contributed by atoms with Crippen LogP contribution in [0.2, 0.25) is 0 Å². The van der Waals surface area contributed by atoms with Gasteiger partial charge in [-0.2, -0.15) is 18.4 Å². The molecule has 0 fully saturated rings. The molecule has 0 heterocycles. The number of nitrogens with one attached hydrogen (secondary N) is 1. The van der Waals surface area contributed by atoms with Crippen molar-refractivity contribution in [2.24, 2.45) is 0 Å². The Kier molecular flexibility index (Phi) is 6.50. The summed E-state index contributed by atoms with van der Waals surface area (Å²) in [6.07, 6.45) is -3.79. The summed E-state index contributed by atoms with van der Waals surface area (Å²) in [6.45, 7) is 4.32. The molecule has 0 aromatic heterocycles. The maximum absolute atomic E-state index is 13.0. The van der Waals surface area contributed by atoms with E-state index in [-0.39, 0.29) is 24.8 Å². The molecule has 0 aliphatic carbocycles. The molecule has 116 valence electrons. The summed E-state index contributed by atoms with van der Waals surface area (Å²) >= 11 is 0. The third-order valence-electron chi connectivity index (χ3n) is 2.75. The number of unbranched alkanes of at least 4 members (excludes halogenated alkanes) is 1. The Morgan fingerprint density at radius 3 is 2.62 bits per heavy atom. The third kappa shape index (κ3) is 6.05. The zero-order chi connectivity index (χ0) is 15.9. The maximum atomic E-state index is 13.0. The lowest BCUT2D eigenvalue weighted by Gasteiger charge is -2.16. The number of hydrogen-bond acceptors (Lipinski definition) is 3. The van der Waals surface area contributed by atoms with Crippen LogP contribution in [0, 0.1) is 11.3 Å². The third-order valence-corrected chi connectivity index (χ3v) is 2.75. The Hall–Kier alpha value is -1.74. The minimum atomic E-state index is -4.46. The van der Waals surface area contributed by atoms with Crippen molar-refractivity contribution in [2.45, 2.75) is 45.5 Å². The first-order valence-electron chi connectivity index (χ1n) is 6.78. The molecule has 0 atom stereocenters. The highest BCUT2D eigenvalue weighted by molar-refractivity contribution is 5.39. The van der Waals surface area contributed by atoms with Gasteiger partial charge in [0, 0.05) is 19.0 Å². The number of ether oxygens (including phenoxy) is 1. The predicted octanol–water partition coefficient (Wildman–Crippen LogP) is 3.89. The fraction of sp³-hybridized carbons (Fsp3) is 0.533. The van der Waals surface area contributed by atoms with E-state index in [1.807, 2.05) is 19.9 Å². The van der Waals surface area contributed by atoms with Crippen LogP contribution in [0.5, 0.6) is 5.75 Å². The molecule has 0 spiro atoms. The normalized spacial score (nSPS) is 11.5. The van der Waals surface area contributed by atoms with Crippen LogP contribution in [0.1, 0.15) is 37.8 Å². The zero-order valence-corrected chi connectivity index (χ0v) is 12.1. The van der Waals surface area contributed by atoms with E-state index < -0.39 is 11.7 Å². The van der Waals surface area contributed by atoms with Crippen molar-refractivity contribution in [1.29, 1.82) is 5.26 Å². The van der Waals surface area contributed by atoms with E-state index in [1.165, 1.54) is 6.07 Å². The van der Waals surface area contributed by atoms with Crippen molar-refractivity contribution in [3.05, 3.63) is 29.3 Å². The zero-order valence-electron chi connectivity index (χ0n) is 12.1. The molecule has 0 saturated carbocycles. The van der Waals surface area contributed by atoms with Crippen LogP contribution in [-0.4, -0.2) is 12.6 Å². The molecule has 0 unspecified atom stereocenters. The van der Waals surface area contributed by atoms with Crippen molar-refractivity contribution in [1.82, 2.24) is 5.32 Å². The summed E-state index contributed by atoms with van der Waals surface area (Å²) < 4.78 is 44.3. The van der Waals surface area contributed by atoms with E-state index in [4.69, 9.17) is 10.00 Å². The molecule has 0 aliphatic heterocycles. The number of halogens is 3. The summed E-state index contributed by atoms with van der Waals surface area (Å²) in [5.74, 6) is -0.186. The monoisotopic (exact) mass is 300 g/mol. The lowest BCUT2D eigenvalue weighted by atomic mass is 10.1. The molecule has 0 bridgehead atoms. The summed E-state index contributed by atoms with van der Waals surface area (Å²) in [5, 5.41) is 11.5. The van der Waals surface area contributed by atoms with Crippen LogP contribution in [-0.2, 0) is 12.7 Å². The fourth-order valence-electron chi connectivity index (χ4n) is 1.69. The molecule has 0 amide bonds. The van der Waals surface area contributed by atoms with Gasteiger partial charge in [0.05, 0.1) is 18.2 Å². The standard InChI is InChI=1S/C15H19F3N2O/c1-11(2)20-10-12-5-6-14(21-8-4-3-7-19)13(9-12)15(16,17)18/h5-6,9,11,20H,3-4,8,10H2,1-2H3. The first kappa shape index (κ1) is 17.3. The Labute approximate surface area is 122 Å². The second kappa shape index (κ2) is 7.89. The van der Waals surface area contributed by atoms with Gasteiger partial charge in [-0.15, -0.1) is 0 Å². The average molecular weight is 300 g/mol. The number of rotatable bonds is 7. The highest BCUT2D eigenvalue weighted by atomic mass is 19.4. The molecular formula is C15H19F3N2O. The molecular weight excluding hydrogens is 281 g/mol. The Balaban J connectivity index is 2.85. The highest BCUT2D eigenvalue weighted by Gasteiger charge is 2.34. The first-order valence-corrected chi connectivity index (χ1v) is 6.78. The van der Waals surface area contributed by atoms with Crippen LogP contribution in [0.15, 0.2) is 18.2 Å². The first-order chi connectivity index (χ1) is 9.84. The van der Waals surface area contributed by atoms with Crippen LogP contribution in [0.25, 0.3) is 0 Å². The van der Waals surface area contributed by atoms with Crippen molar-refractivity contribution >= 4 is 0 Å². The van der Waals surface area contributed by atoms with Gasteiger partial charge in [-0.25, -0.2) is 0 Å². The van der Waals surface area contributed by atoms with Gasteiger partial charge in [0.2, 0.25) is 0 Å². The number of alkyl halides is 3. The van der Waals surface area contributed by atoms with Crippen molar-refractivity contribution in [3.63, 3.8) is 0 Å². The number of nitrogens with zero attached hydrogens (tertiary/aromatic N) is 1. The fourth-order valence-corrected chi connectivity index (χ4v) is 1.69. The highest BCUT2D eigenvalue weighted by Crippen LogP contribution is 2.37. The summed E-state index contributed by atoms with van der Waals surface area (Å²) in [7, 11) is 0. The molecule has 1 rings (SSSR count). The maximum Gasteiger partial charge on any atom is 0.419 e. The number of nitriles is 1. The number of hydrogen-bond donors (Lipinski definition) is 1. The Morgan fingerprint density at radius 1 is 1.33 bits per heavy atom. The van der Waals surface area contributed by atoms with E-state index in [2.05, 4.69) is 5.32 Å². The van der Waals surface area contributed by atoms with Gasteiger partial charge in [-0.3, -0.25) is 0 Å². The molecule has 21 heavy (non-hydrogen) atoms. The smallest absolute Gasteiger partial charge is 0.419 e. The van der Waals surface area contributed by atoms with Crippen molar-refractivity contribution < 1.29 is 17.9 Å². The minimum absolute atomic E-state index is 0.0975. The van der Waals surface area contributed by atoms with Gasteiger partial charge in [0.15, 0.2) is 0 Å². The lowest BCUT2D eigenvalue weighted by Crippen LogP contribution is -2.22. The Morgan fingerprint density at radius 2 is 2.05 bits per heavy atom. The lowest BCUT2D eigenvalue weighted by molar-refractivity contribution is -0.139. The van der Waals surface area contributed by atoms with Gasteiger partial charge >= 0.3 is 6.18 Å². The van der Waals surface area contributed by atoms with E-state index in [0.29, 0.717) is 18.5 Å². The van der Waals surface area contributed by atoms with Crippen molar-refractivity contribution in [3.8, 4) is 11.8 Å². The van der Waals surface area contributed by atoms with E-state index >= 15 is 0 Å². The molecule has 1 N–H and O–H groups in total. The second-order valence-corrected chi connectivity index (χ2v) is 4.97. The van der Waals surface area contributed by atoms with Gasteiger partial charge in [-0.1, -0.05) is 19.9 Å². The van der Waals surface area contributed by atoms with E-state index in [1.54, 1.807) is 6.07 Å². The average Bonchev–Trinajstić information content (AvgIpc) is 2.41. The molecule has 1 aromatic carbocycles. The molecule has 1 aromatic rings. The molecule has 3 nitrogen and oxygen atoms in total. The van der Waals surface area contributed by atoms with Crippen molar-refractivity contribution in [2.75, 3.05) is 6.61 Å². The van der Waals surface area contributed by atoms with E-state index in [9.17, 15) is 13.2 Å². The Bertz CT molecular complexity index is 493. The summed E-state index contributed by atoms with van der Waals surface area (Å²) in [4.78, 5) is 0.